The Labute approximate surface area is 173 Å². The van der Waals surface area contributed by atoms with E-state index >= 15 is 0 Å². The van der Waals surface area contributed by atoms with Crippen LogP contribution in [0.5, 0.6) is 11.5 Å². The average Bonchev–Trinajstić information content (AvgIpc) is 3.32. The fourth-order valence-electron chi connectivity index (χ4n) is 4.33. The van der Waals surface area contributed by atoms with Crippen LogP contribution in [0.1, 0.15) is 31.2 Å². The summed E-state index contributed by atoms with van der Waals surface area (Å²) in [6.45, 7) is 0.377. The standard InChI is InChI=1S/C21H22ClN3O4/c22-15-5-9-17(10-6-15)29-16-7-3-14(4-8-16)13-25-20(27)23-18(19(26)24-28)21(25)11-1-2-12-21/h3-10,18,28H,1-2,11-13H2,(H,23,27)(H,24,26). The van der Waals surface area contributed by atoms with Crippen molar-refractivity contribution < 1.29 is 19.5 Å². The molecular formula is C21H22ClN3O4. The maximum atomic E-state index is 12.6. The zero-order chi connectivity index (χ0) is 20.4. The van der Waals surface area contributed by atoms with Gasteiger partial charge in [-0.1, -0.05) is 36.6 Å². The molecule has 1 saturated carbocycles. The van der Waals surface area contributed by atoms with Gasteiger partial charge in [-0.3, -0.25) is 10.0 Å². The maximum absolute atomic E-state index is 12.6. The zero-order valence-corrected chi connectivity index (χ0v) is 16.5. The van der Waals surface area contributed by atoms with Gasteiger partial charge in [0.15, 0.2) is 0 Å². The van der Waals surface area contributed by atoms with Crippen LogP contribution in [0.2, 0.25) is 5.02 Å². The summed E-state index contributed by atoms with van der Waals surface area (Å²) >= 11 is 5.89. The molecule has 2 aromatic rings. The number of nitrogens with zero attached hydrogens (tertiary/aromatic N) is 1. The third-order valence-corrected chi connectivity index (χ3v) is 5.99. The summed E-state index contributed by atoms with van der Waals surface area (Å²) < 4.78 is 5.80. The number of rotatable bonds is 5. The van der Waals surface area contributed by atoms with Crippen molar-refractivity contribution in [1.82, 2.24) is 15.7 Å². The number of hydroxylamine groups is 1. The number of amides is 3. The molecule has 1 atom stereocenters. The van der Waals surface area contributed by atoms with Crippen LogP contribution < -0.4 is 15.5 Å². The normalized spacial score (nSPS) is 20.0. The quantitative estimate of drug-likeness (QED) is 0.511. The lowest BCUT2D eigenvalue weighted by Gasteiger charge is -2.36. The summed E-state index contributed by atoms with van der Waals surface area (Å²) in [5.74, 6) is 0.786. The van der Waals surface area contributed by atoms with Crippen LogP contribution in [0, 0.1) is 0 Å². The fraction of sp³-hybridized carbons (Fsp3) is 0.333. The molecule has 4 rings (SSSR count). The Morgan fingerprint density at radius 3 is 2.31 bits per heavy atom. The number of halogens is 1. The minimum absolute atomic E-state index is 0.290. The lowest BCUT2D eigenvalue weighted by Crippen LogP contribution is -2.55. The van der Waals surface area contributed by atoms with Crippen LogP contribution >= 0.6 is 11.6 Å². The highest BCUT2D eigenvalue weighted by Crippen LogP contribution is 2.42. The molecule has 7 nitrogen and oxygen atoms in total. The largest absolute Gasteiger partial charge is 0.457 e. The van der Waals surface area contributed by atoms with Crippen LogP contribution in [0.15, 0.2) is 48.5 Å². The van der Waals surface area contributed by atoms with Gasteiger partial charge in [0.05, 0.1) is 5.54 Å². The van der Waals surface area contributed by atoms with E-state index in [0.717, 1.165) is 31.2 Å². The van der Waals surface area contributed by atoms with Crippen molar-refractivity contribution in [3.05, 3.63) is 59.1 Å². The molecule has 0 aromatic heterocycles. The smallest absolute Gasteiger partial charge is 0.318 e. The summed E-state index contributed by atoms with van der Waals surface area (Å²) in [7, 11) is 0. The minimum atomic E-state index is -0.755. The van der Waals surface area contributed by atoms with Crippen LogP contribution in [-0.4, -0.2) is 33.6 Å². The number of urea groups is 1. The zero-order valence-electron chi connectivity index (χ0n) is 15.7. The molecule has 1 saturated heterocycles. The van der Waals surface area contributed by atoms with Crippen molar-refractivity contribution in [2.75, 3.05) is 0 Å². The Morgan fingerprint density at radius 2 is 1.72 bits per heavy atom. The summed E-state index contributed by atoms with van der Waals surface area (Å²) in [6.07, 6.45) is 3.33. The number of nitrogens with one attached hydrogen (secondary N) is 2. The Kier molecular flexibility index (Phi) is 5.34. The molecule has 29 heavy (non-hydrogen) atoms. The average molecular weight is 416 g/mol. The lowest BCUT2D eigenvalue weighted by atomic mass is 9.87. The van der Waals surface area contributed by atoms with E-state index in [-0.39, 0.29) is 6.03 Å². The van der Waals surface area contributed by atoms with Gasteiger partial charge in [0.1, 0.15) is 17.5 Å². The number of carbonyl (C=O) groups is 2. The molecule has 2 aliphatic rings. The molecule has 3 N–H and O–H groups in total. The Bertz CT molecular complexity index is 895. The number of benzene rings is 2. The van der Waals surface area contributed by atoms with Crippen LogP contribution in [0.25, 0.3) is 0 Å². The van der Waals surface area contributed by atoms with Crippen molar-refractivity contribution in [2.24, 2.45) is 0 Å². The van der Waals surface area contributed by atoms with Crippen LogP contribution in [-0.2, 0) is 11.3 Å². The first-order valence-electron chi connectivity index (χ1n) is 9.56. The molecule has 1 unspecified atom stereocenters. The highest BCUT2D eigenvalue weighted by Gasteiger charge is 2.56. The van der Waals surface area contributed by atoms with Crippen molar-refractivity contribution in [2.45, 2.75) is 43.8 Å². The van der Waals surface area contributed by atoms with Gasteiger partial charge in [-0.05, 0) is 54.8 Å². The van der Waals surface area contributed by atoms with Crippen molar-refractivity contribution in [3.63, 3.8) is 0 Å². The summed E-state index contributed by atoms with van der Waals surface area (Å²) in [4.78, 5) is 26.5. The molecule has 0 bridgehead atoms. The predicted molar refractivity (Wildman–Crippen MR) is 107 cm³/mol. The van der Waals surface area contributed by atoms with Crippen molar-refractivity contribution in [3.8, 4) is 11.5 Å². The van der Waals surface area contributed by atoms with E-state index in [4.69, 9.17) is 21.5 Å². The van der Waals surface area contributed by atoms with Gasteiger partial charge >= 0.3 is 6.03 Å². The third kappa shape index (κ3) is 3.75. The number of carbonyl (C=O) groups excluding carboxylic acids is 2. The number of hydrogen-bond donors (Lipinski definition) is 3. The molecule has 1 spiro atoms. The molecule has 0 radical (unpaired) electrons. The maximum Gasteiger partial charge on any atom is 0.318 e. The van der Waals surface area contributed by atoms with E-state index in [0.29, 0.717) is 23.1 Å². The van der Waals surface area contributed by atoms with Crippen LogP contribution in [0.4, 0.5) is 4.79 Å². The summed E-state index contributed by atoms with van der Waals surface area (Å²) in [5, 5.41) is 12.5. The van der Waals surface area contributed by atoms with Gasteiger partial charge in [-0.25, -0.2) is 10.3 Å². The minimum Gasteiger partial charge on any atom is -0.457 e. The number of ether oxygens (including phenoxy) is 1. The van der Waals surface area contributed by atoms with E-state index in [1.807, 2.05) is 24.3 Å². The number of hydrogen-bond acceptors (Lipinski definition) is 4. The van der Waals surface area contributed by atoms with Gasteiger partial charge in [0.25, 0.3) is 5.91 Å². The molecule has 8 heteroatoms. The van der Waals surface area contributed by atoms with Crippen molar-refractivity contribution >= 4 is 23.5 Å². The predicted octanol–water partition coefficient (Wildman–Crippen LogP) is 3.84. The lowest BCUT2D eigenvalue weighted by molar-refractivity contribution is -0.133. The summed E-state index contributed by atoms with van der Waals surface area (Å²) in [5.41, 5.74) is 2.01. The Morgan fingerprint density at radius 1 is 1.14 bits per heavy atom. The van der Waals surface area contributed by atoms with Gasteiger partial charge in [0, 0.05) is 11.6 Å². The first-order valence-corrected chi connectivity index (χ1v) is 9.94. The van der Waals surface area contributed by atoms with E-state index < -0.39 is 17.5 Å². The van der Waals surface area contributed by atoms with E-state index in [1.54, 1.807) is 34.6 Å². The van der Waals surface area contributed by atoms with Gasteiger partial charge in [0.2, 0.25) is 0 Å². The van der Waals surface area contributed by atoms with E-state index in [1.165, 1.54) is 0 Å². The Hall–Kier alpha value is -2.77. The van der Waals surface area contributed by atoms with Gasteiger partial charge < -0.3 is 15.0 Å². The molecule has 2 fully saturated rings. The SMILES string of the molecule is O=C(NO)C1NC(=O)N(Cc2ccc(Oc3ccc(Cl)cc3)cc2)C12CCCC2. The molecule has 152 valence electrons. The van der Waals surface area contributed by atoms with E-state index in [2.05, 4.69) is 5.32 Å². The van der Waals surface area contributed by atoms with Gasteiger partial charge in [-0.2, -0.15) is 0 Å². The highest BCUT2D eigenvalue weighted by atomic mass is 35.5. The third-order valence-electron chi connectivity index (χ3n) is 5.74. The first kappa shape index (κ1) is 19.5. The second-order valence-corrected chi connectivity index (χ2v) is 7.89. The van der Waals surface area contributed by atoms with Gasteiger partial charge in [-0.15, -0.1) is 0 Å². The molecule has 1 aliphatic carbocycles. The fourth-order valence-corrected chi connectivity index (χ4v) is 4.45. The summed E-state index contributed by atoms with van der Waals surface area (Å²) in [6, 6.07) is 13.6. The molecule has 2 aromatic carbocycles. The Balaban J connectivity index is 1.50. The molecular weight excluding hydrogens is 394 g/mol. The molecule has 1 heterocycles. The molecule has 1 aliphatic heterocycles. The van der Waals surface area contributed by atoms with Crippen molar-refractivity contribution in [1.29, 1.82) is 0 Å². The molecule has 3 amide bonds. The highest BCUT2D eigenvalue weighted by molar-refractivity contribution is 6.30. The second-order valence-electron chi connectivity index (χ2n) is 7.46. The first-order chi connectivity index (χ1) is 14.0. The second kappa shape index (κ2) is 7.93. The monoisotopic (exact) mass is 415 g/mol. The van der Waals surface area contributed by atoms with E-state index in [9.17, 15) is 9.59 Å². The van der Waals surface area contributed by atoms with Crippen LogP contribution in [0.3, 0.4) is 0 Å². The topological polar surface area (TPSA) is 90.9 Å².